The van der Waals surface area contributed by atoms with Crippen molar-refractivity contribution in [2.24, 2.45) is 0 Å². The number of nitrogen functional groups attached to an aromatic ring is 1. The Morgan fingerprint density at radius 1 is 1.22 bits per heavy atom. The van der Waals surface area contributed by atoms with Crippen LogP contribution in [0, 0.1) is 0 Å². The molecule has 0 radical (unpaired) electrons. The van der Waals surface area contributed by atoms with Crippen LogP contribution in [0.2, 0.25) is 6.04 Å². The molecule has 1 fully saturated rings. The van der Waals surface area contributed by atoms with Crippen LogP contribution in [0.3, 0.4) is 0 Å². The van der Waals surface area contributed by atoms with Gasteiger partial charge in [-0.1, -0.05) is 25.5 Å². The van der Waals surface area contributed by atoms with E-state index in [4.69, 9.17) is 24.1 Å². The smallest absolute Gasteiger partial charge is 0.374 e. The molecule has 1 heterocycles. The van der Waals surface area contributed by atoms with Crippen molar-refractivity contribution in [3.63, 3.8) is 0 Å². The largest absolute Gasteiger partial charge is 0.485 e. The van der Waals surface area contributed by atoms with E-state index in [2.05, 4.69) is 6.92 Å². The van der Waals surface area contributed by atoms with E-state index in [1.165, 1.54) is 0 Å². The Kier molecular flexibility index (Phi) is 6.08. The van der Waals surface area contributed by atoms with E-state index in [0.717, 1.165) is 31.7 Å². The summed E-state index contributed by atoms with van der Waals surface area (Å²) in [5.41, 5.74) is 6.70. The zero-order valence-corrected chi connectivity index (χ0v) is 15.6. The second kappa shape index (κ2) is 7.66. The van der Waals surface area contributed by atoms with Gasteiger partial charge in [0.2, 0.25) is 0 Å². The molecule has 1 aliphatic rings. The van der Waals surface area contributed by atoms with Crippen molar-refractivity contribution < 1.29 is 18.3 Å². The van der Waals surface area contributed by atoms with Gasteiger partial charge in [-0.25, -0.2) is 0 Å². The van der Waals surface area contributed by atoms with Gasteiger partial charge in [-0.3, -0.25) is 0 Å². The van der Waals surface area contributed by atoms with Gasteiger partial charge in [0, 0.05) is 21.3 Å². The Bertz CT molecular complexity index is 509. The molecule has 5 nitrogen and oxygen atoms in total. The van der Waals surface area contributed by atoms with Crippen LogP contribution in [0.15, 0.2) is 24.3 Å². The third kappa shape index (κ3) is 3.13. The average molecular weight is 340 g/mol. The summed E-state index contributed by atoms with van der Waals surface area (Å²) in [6.45, 7) is 2.15. The van der Waals surface area contributed by atoms with Crippen molar-refractivity contribution in [1.82, 2.24) is 0 Å². The maximum atomic E-state index is 6.33. The molecule has 0 bridgehead atoms. The van der Waals surface area contributed by atoms with Gasteiger partial charge in [-0.2, -0.15) is 0 Å². The Morgan fingerprint density at radius 3 is 2.48 bits per heavy atom. The van der Waals surface area contributed by atoms with Crippen LogP contribution in [0.25, 0.3) is 0 Å². The molecule has 1 saturated heterocycles. The predicted molar refractivity (Wildman–Crippen MR) is 93.7 cm³/mol. The van der Waals surface area contributed by atoms with Crippen molar-refractivity contribution in [2.45, 2.75) is 50.0 Å². The molecule has 2 atom stereocenters. The molecule has 0 aromatic heterocycles. The number of anilines is 1. The Labute approximate surface area is 140 Å². The van der Waals surface area contributed by atoms with Crippen LogP contribution in [0.5, 0.6) is 5.75 Å². The number of methoxy groups -OCH3 is 1. The molecule has 1 aromatic rings. The molecular weight excluding hydrogens is 310 g/mol. The first-order valence-electron chi connectivity index (χ1n) is 8.25. The van der Waals surface area contributed by atoms with Crippen molar-refractivity contribution >= 4 is 14.2 Å². The third-order valence-electron chi connectivity index (χ3n) is 4.97. The predicted octanol–water partition coefficient (Wildman–Crippen LogP) is 3.27. The average Bonchev–Trinajstić information content (AvgIpc) is 2.58. The summed E-state index contributed by atoms with van der Waals surface area (Å²) in [5, 5.41) is -0.536. The second-order valence-electron chi connectivity index (χ2n) is 6.04. The highest BCUT2D eigenvalue weighted by atomic mass is 28.4. The standard InChI is InChI=1S/C17H29NO4Si/c1-5-12-17(19-2)16(11-8-13-23(17,20-3)21-4)22-15-10-7-6-9-14(15)18/h6-7,9-10,16H,5,8,11-13,18H2,1-4H3. The molecule has 0 aliphatic carbocycles. The summed E-state index contributed by atoms with van der Waals surface area (Å²) in [7, 11) is 2.66. The van der Waals surface area contributed by atoms with Crippen molar-refractivity contribution in [1.29, 1.82) is 0 Å². The monoisotopic (exact) mass is 339 g/mol. The fourth-order valence-electron chi connectivity index (χ4n) is 3.85. The molecule has 1 aromatic carbocycles. The quantitative estimate of drug-likeness (QED) is 0.610. The minimum Gasteiger partial charge on any atom is -0.485 e. The first-order chi connectivity index (χ1) is 11.1. The summed E-state index contributed by atoms with van der Waals surface area (Å²) in [4.78, 5) is 0. The maximum Gasteiger partial charge on any atom is 0.374 e. The van der Waals surface area contributed by atoms with Crippen molar-refractivity contribution in [3.05, 3.63) is 24.3 Å². The van der Waals surface area contributed by atoms with E-state index in [0.29, 0.717) is 11.4 Å². The minimum atomic E-state index is -2.55. The number of hydrogen-bond acceptors (Lipinski definition) is 5. The number of hydrogen-bond donors (Lipinski definition) is 1. The molecule has 2 unspecified atom stereocenters. The lowest BCUT2D eigenvalue weighted by molar-refractivity contribution is -0.0845. The molecule has 2 N–H and O–H groups in total. The first kappa shape index (κ1) is 18.3. The highest BCUT2D eigenvalue weighted by molar-refractivity contribution is 6.71. The summed E-state index contributed by atoms with van der Waals surface area (Å²) < 4.78 is 24.3. The Balaban J connectivity index is 2.41. The highest BCUT2D eigenvalue weighted by Crippen LogP contribution is 2.45. The van der Waals surface area contributed by atoms with E-state index >= 15 is 0 Å². The van der Waals surface area contributed by atoms with Crippen LogP contribution < -0.4 is 10.5 Å². The molecule has 0 saturated carbocycles. The van der Waals surface area contributed by atoms with Gasteiger partial charge in [0.1, 0.15) is 17.1 Å². The lowest BCUT2D eigenvalue weighted by atomic mass is 10.0. The fourth-order valence-corrected chi connectivity index (χ4v) is 7.84. The van der Waals surface area contributed by atoms with Gasteiger partial charge in [0.15, 0.2) is 0 Å². The van der Waals surface area contributed by atoms with Gasteiger partial charge in [0.25, 0.3) is 0 Å². The van der Waals surface area contributed by atoms with Crippen LogP contribution in [0.1, 0.15) is 32.6 Å². The van der Waals surface area contributed by atoms with Gasteiger partial charge < -0.3 is 24.1 Å². The summed E-state index contributed by atoms with van der Waals surface area (Å²) in [6.07, 6.45) is 3.59. The summed E-state index contributed by atoms with van der Waals surface area (Å²) >= 11 is 0. The normalized spacial score (nSPS) is 26.9. The lowest BCUT2D eigenvalue weighted by Crippen LogP contribution is -2.71. The highest BCUT2D eigenvalue weighted by Gasteiger charge is 2.64. The molecule has 6 heteroatoms. The van der Waals surface area contributed by atoms with Gasteiger partial charge in [-0.15, -0.1) is 0 Å². The van der Waals surface area contributed by atoms with Crippen molar-refractivity contribution in [2.75, 3.05) is 27.1 Å². The Morgan fingerprint density at radius 2 is 1.91 bits per heavy atom. The number of nitrogens with two attached hydrogens (primary N) is 1. The third-order valence-corrected chi connectivity index (χ3v) is 9.37. The molecule has 130 valence electrons. The van der Waals surface area contributed by atoms with Crippen LogP contribution in [-0.2, 0) is 13.6 Å². The van der Waals surface area contributed by atoms with Crippen LogP contribution in [0.4, 0.5) is 5.69 Å². The van der Waals surface area contributed by atoms with E-state index in [1.807, 2.05) is 24.3 Å². The first-order valence-corrected chi connectivity index (χ1v) is 10.3. The van der Waals surface area contributed by atoms with Crippen LogP contribution >= 0.6 is 0 Å². The maximum absolute atomic E-state index is 6.33. The minimum absolute atomic E-state index is 0.127. The van der Waals surface area contributed by atoms with Crippen molar-refractivity contribution in [3.8, 4) is 5.75 Å². The molecule has 0 amide bonds. The van der Waals surface area contributed by atoms with Crippen LogP contribution in [-0.4, -0.2) is 41.2 Å². The number of benzene rings is 1. The Hall–Kier alpha value is -1.08. The molecule has 0 spiro atoms. The topological polar surface area (TPSA) is 62.9 Å². The zero-order chi connectivity index (χ0) is 16.9. The second-order valence-corrected chi connectivity index (χ2v) is 9.71. The van der Waals surface area contributed by atoms with E-state index in [-0.39, 0.29) is 6.10 Å². The molecular formula is C17H29NO4Si. The van der Waals surface area contributed by atoms with Gasteiger partial charge in [0.05, 0.1) is 5.69 Å². The number of para-hydroxylation sites is 2. The number of rotatable bonds is 7. The van der Waals surface area contributed by atoms with E-state index < -0.39 is 13.8 Å². The zero-order valence-electron chi connectivity index (χ0n) is 14.6. The molecule has 23 heavy (non-hydrogen) atoms. The summed E-state index contributed by atoms with van der Waals surface area (Å²) in [6, 6.07) is 8.50. The molecule has 1 aliphatic heterocycles. The lowest BCUT2D eigenvalue weighted by Gasteiger charge is -2.51. The SMILES string of the molecule is CCCC1(OC)C(Oc2ccccc2N)CCC[Si]1(OC)OC. The van der Waals surface area contributed by atoms with Gasteiger partial charge in [-0.05, 0) is 37.4 Å². The number of ether oxygens (including phenoxy) is 2. The fraction of sp³-hybridized carbons (Fsp3) is 0.647. The molecule has 2 rings (SSSR count). The van der Waals surface area contributed by atoms with Gasteiger partial charge >= 0.3 is 8.56 Å². The van der Waals surface area contributed by atoms with E-state index in [1.54, 1.807) is 21.3 Å². The summed E-state index contributed by atoms with van der Waals surface area (Å²) in [5.74, 6) is 0.701. The van der Waals surface area contributed by atoms with E-state index in [9.17, 15) is 0 Å².